The standard InChI is InChI=1S/C26H34N2O6S.C19H27FN2O3.C19H28N2O4.C14H19FN2O/c1-18-5-7-23(8-6-18)35(30,31)33-12-10-19-14-24(19)20-13-22(16-27-15-20)32-17-21-9-11-28(21)25(29)34-26(2,3)4;1-19(2,3)25-18(23)22-7-5-15(22)12-24-16-8-14(10-21-11-16)17-9-13(17)4-6-20;1-19(2,3)25-18(23)21-6-4-15(21)12-24-16-8-14(10-20-11-16)17-9-13(17)5-7-22;15-3-1-10-6-14(10)11-5-13(8-16-7-11)18-9-12-2-4-17-12/h5-8,13,15-16,19,21,24H,9-12,14,17H2,1-4H3;8,10-11,13,15,17H,4-7,9,12H2,1-3H3;8,10-11,13,15,17,22H,4-7,9,12H2,1-3H3;5,7-8,10,12,14,17H,1-4,6,9H2/t19-,21-,24-;2*13-,15-,17-;10-,12-,14-/m0000/s1. The van der Waals surface area contributed by atoms with Gasteiger partial charge in [0.05, 0.1) is 67.8 Å². The molecule has 13 rings (SSSR count). The van der Waals surface area contributed by atoms with Crippen LogP contribution in [-0.2, 0) is 28.5 Å². The van der Waals surface area contributed by atoms with Gasteiger partial charge in [0.15, 0.2) is 0 Å². The molecule has 103 heavy (non-hydrogen) atoms. The smallest absolute Gasteiger partial charge is 0.410 e. The summed E-state index contributed by atoms with van der Waals surface area (Å²) in [6.45, 7) is 23.8. The van der Waals surface area contributed by atoms with Crippen molar-refractivity contribution in [2.75, 3.05) is 79.2 Å². The number of benzene rings is 1. The van der Waals surface area contributed by atoms with Crippen molar-refractivity contribution in [3.8, 4) is 23.0 Å². The Hall–Kier alpha value is -7.48. The van der Waals surface area contributed by atoms with E-state index < -0.39 is 26.9 Å². The van der Waals surface area contributed by atoms with E-state index in [1.165, 1.54) is 17.5 Å². The fraction of sp³-hybridized carbons (Fsp3) is 0.628. The number of ether oxygens (including phenoxy) is 7. The van der Waals surface area contributed by atoms with E-state index >= 15 is 0 Å². The number of nitrogens with one attached hydrogen (secondary N) is 1. The van der Waals surface area contributed by atoms with Crippen LogP contribution in [0.2, 0.25) is 0 Å². The molecule has 4 aliphatic heterocycles. The molecule has 4 aromatic heterocycles. The average molecular weight is 1450 g/mol. The number of likely N-dealkylation sites (tertiary alicyclic amines) is 3. The van der Waals surface area contributed by atoms with Crippen molar-refractivity contribution in [3.05, 3.63) is 126 Å². The van der Waals surface area contributed by atoms with E-state index in [9.17, 15) is 31.6 Å². The van der Waals surface area contributed by atoms with Gasteiger partial charge >= 0.3 is 18.3 Å². The lowest BCUT2D eigenvalue weighted by Gasteiger charge is -2.41. The van der Waals surface area contributed by atoms with E-state index in [0.717, 1.165) is 86.1 Å². The SMILES string of the molecule is CC(C)(C)OC(=O)N1CC[C@H]1COc1cncc([C@H]2C[C@@H]2CCF)c1.CC(C)(C)OC(=O)N1CC[C@H]1COc1cncc([C@H]2C[C@@H]2CCO)c1.Cc1ccc(S(=O)(=O)OCC[C@H]2C[C@@H]2c2cncc(OC[C@@H]3CCN3C(=O)OC(C)(C)C)c2)cc1.FCC[C@H]1C[C@@H]1c1cncc(OC[C@@H]2CCN2)c1. The summed E-state index contributed by atoms with van der Waals surface area (Å²) in [5.41, 5.74) is 4.08. The predicted octanol–water partition coefficient (Wildman–Crippen LogP) is 13.9. The van der Waals surface area contributed by atoms with E-state index in [1.54, 1.807) is 63.8 Å². The number of amides is 3. The Labute approximate surface area is 607 Å². The van der Waals surface area contributed by atoms with Crippen LogP contribution >= 0.6 is 0 Å². The Kier molecular flexibility index (Phi) is 26.6. The highest BCUT2D eigenvalue weighted by molar-refractivity contribution is 7.86. The predicted molar refractivity (Wildman–Crippen MR) is 385 cm³/mol. The van der Waals surface area contributed by atoms with Crippen LogP contribution < -0.4 is 24.3 Å². The van der Waals surface area contributed by atoms with Crippen LogP contribution in [0.4, 0.5) is 23.2 Å². The lowest BCUT2D eigenvalue weighted by atomic mass is 10.1. The van der Waals surface area contributed by atoms with Gasteiger partial charge in [-0.1, -0.05) is 17.7 Å². The Morgan fingerprint density at radius 3 is 1.12 bits per heavy atom. The summed E-state index contributed by atoms with van der Waals surface area (Å²) in [5.74, 6) is 6.55. The minimum atomic E-state index is -3.74. The van der Waals surface area contributed by atoms with Gasteiger partial charge in [-0.3, -0.25) is 32.9 Å². The number of rotatable bonds is 27. The number of aryl methyl sites for hydroxylation is 1. The highest BCUT2D eigenvalue weighted by atomic mass is 32.2. The monoisotopic (exact) mass is 1450 g/mol. The fourth-order valence-electron chi connectivity index (χ4n) is 13.1. The maximum absolute atomic E-state index is 12.4. The molecule has 22 nitrogen and oxygen atoms in total. The first kappa shape index (κ1) is 78.1. The van der Waals surface area contributed by atoms with Crippen LogP contribution in [0.1, 0.15) is 191 Å². The molecule has 8 aliphatic rings. The molecule has 1 aromatic carbocycles. The van der Waals surface area contributed by atoms with Gasteiger partial charge in [0.1, 0.15) is 66.2 Å². The van der Waals surface area contributed by atoms with E-state index in [0.29, 0.717) is 130 Å². The number of pyridine rings is 4. The first-order valence-corrected chi connectivity index (χ1v) is 38.3. The Morgan fingerprint density at radius 1 is 0.495 bits per heavy atom. The minimum Gasteiger partial charge on any atom is -0.490 e. The van der Waals surface area contributed by atoms with Gasteiger partial charge in [0.25, 0.3) is 10.1 Å². The molecule has 0 unspecified atom stereocenters. The number of nitrogens with zero attached hydrogens (tertiary/aromatic N) is 7. The number of aliphatic hydroxyl groups excluding tert-OH is 1. The summed E-state index contributed by atoms with van der Waals surface area (Å²) < 4.78 is 94.3. The van der Waals surface area contributed by atoms with E-state index in [1.807, 2.05) is 112 Å². The van der Waals surface area contributed by atoms with Crippen LogP contribution in [0.5, 0.6) is 23.0 Å². The number of halogens is 2. The van der Waals surface area contributed by atoms with Gasteiger partial charge in [0, 0.05) is 57.1 Å². The van der Waals surface area contributed by atoms with Crippen LogP contribution in [0, 0.1) is 30.6 Å². The molecule has 5 aromatic rings. The molecular weight excluding hydrogens is 1340 g/mol. The second-order valence-corrected chi connectivity index (χ2v) is 33.2. The molecule has 0 radical (unpaired) electrons. The van der Waals surface area contributed by atoms with Crippen molar-refractivity contribution in [1.29, 1.82) is 0 Å². The summed E-state index contributed by atoms with van der Waals surface area (Å²) in [5, 5.41) is 12.3. The molecule has 4 saturated heterocycles. The molecule has 12 atom stereocenters. The van der Waals surface area contributed by atoms with E-state index in [-0.39, 0.29) is 67.9 Å². The minimum absolute atomic E-state index is 0.00481. The zero-order valence-corrected chi connectivity index (χ0v) is 62.5. The average Bonchev–Trinajstić information content (AvgIpc) is 1.77. The molecule has 564 valence electrons. The number of alkyl halides is 2. The van der Waals surface area contributed by atoms with Crippen LogP contribution in [0.25, 0.3) is 0 Å². The highest BCUT2D eigenvalue weighted by Crippen LogP contribution is 2.53. The van der Waals surface area contributed by atoms with Crippen LogP contribution in [0.3, 0.4) is 0 Å². The second kappa shape index (κ2) is 35.1. The molecule has 8 fully saturated rings. The highest BCUT2D eigenvalue weighted by Gasteiger charge is 2.43. The molecule has 8 heterocycles. The third-order valence-electron chi connectivity index (χ3n) is 19.9. The molecule has 0 bridgehead atoms. The first-order chi connectivity index (χ1) is 49.1. The molecule has 2 N–H and O–H groups in total. The second-order valence-electron chi connectivity index (χ2n) is 31.6. The quantitative estimate of drug-likeness (QED) is 0.0366. The maximum Gasteiger partial charge on any atom is 0.410 e. The van der Waals surface area contributed by atoms with E-state index in [4.69, 9.17) is 42.4 Å². The molecule has 0 spiro atoms. The Balaban J connectivity index is 0.000000151. The van der Waals surface area contributed by atoms with Gasteiger partial charge in [-0.2, -0.15) is 8.42 Å². The number of carbonyl (C=O) groups excluding carboxylic acids is 3. The molecule has 3 amide bonds. The zero-order valence-electron chi connectivity index (χ0n) is 61.7. The van der Waals surface area contributed by atoms with Gasteiger partial charge < -0.3 is 58.3 Å². The van der Waals surface area contributed by atoms with Gasteiger partial charge in [-0.05, 0) is 259 Å². The third-order valence-corrected chi connectivity index (χ3v) is 21.2. The number of aliphatic hydroxyl groups is 1. The summed E-state index contributed by atoms with van der Waals surface area (Å²) in [6.07, 6.45) is 24.3. The topological polar surface area (TPSA) is 253 Å². The normalized spacial score (nSPS) is 24.9. The Bertz CT molecular complexity index is 3600. The number of carbonyl (C=O) groups is 3. The van der Waals surface area contributed by atoms with E-state index in [2.05, 4.69) is 31.3 Å². The van der Waals surface area contributed by atoms with Gasteiger partial charge in [-0.25, -0.2) is 14.4 Å². The lowest BCUT2D eigenvalue weighted by Crippen LogP contribution is -2.55. The fourth-order valence-corrected chi connectivity index (χ4v) is 14.0. The molecular formula is C78H108F2N8O14S. The zero-order chi connectivity index (χ0) is 73.6. The van der Waals surface area contributed by atoms with Crippen molar-refractivity contribution < 1.29 is 74.0 Å². The van der Waals surface area contributed by atoms with Crippen LogP contribution in [-0.4, -0.2) is 187 Å². The summed E-state index contributed by atoms with van der Waals surface area (Å²) in [6, 6.07) is 15.3. The summed E-state index contributed by atoms with van der Waals surface area (Å²) in [4.78, 5) is 58.9. The molecule has 4 aliphatic carbocycles. The van der Waals surface area contributed by atoms with Crippen molar-refractivity contribution in [3.63, 3.8) is 0 Å². The summed E-state index contributed by atoms with van der Waals surface area (Å²) in [7, 11) is -3.74. The molecule has 4 saturated carbocycles. The third kappa shape index (κ3) is 23.8. The van der Waals surface area contributed by atoms with Crippen molar-refractivity contribution in [2.24, 2.45) is 23.7 Å². The number of aromatic nitrogens is 4. The van der Waals surface area contributed by atoms with Crippen molar-refractivity contribution in [2.45, 2.75) is 216 Å². The first-order valence-electron chi connectivity index (χ1n) is 36.8. The number of hydrogen-bond donors (Lipinski definition) is 2. The molecule has 25 heteroatoms. The number of hydrogen-bond acceptors (Lipinski definition) is 19. The van der Waals surface area contributed by atoms with Crippen molar-refractivity contribution >= 4 is 28.4 Å². The largest absolute Gasteiger partial charge is 0.490 e. The van der Waals surface area contributed by atoms with Crippen molar-refractivity contribution in [1.82, 2.24) is 40.0 Å². The Morgan fingerprint density at radius 2 is 0.825 bits per heavy atom. The lowest BCUT2D eigenvalue weighted by molar-refractivity contribution is -0.0149. The maximum atomic E-state index is 12.4. The van der Waals surface area contributed by atoms with Gasteiger partial charge in [-0.15, -0.1) is 0 Å². The van der Waals surface area contributed by atoms with Crippen LogP contribution in [0.15, 0.2) is 103 Å². The van der Waals surface area contributed by atoms with Gasteiger partial charge in [0.2, 0.25) is 0 Å². The summed E-state index contributed by atoms with van der Waals surface area (Å²) >= 11 is 0.